The van der Waals surface area contributed by atoms with E-state index in [4.69, 9.17) is 0 Å². The Morgan fingerprint density at radius 3 is 1.87 bits per heavy atom. The zero-order valence-electron chi connectivity index (χ0n) is 9.79. The molecule has 2 rings (SSSR count). The fourth-order valence-corrected chi connectivity index (χ4v) is 1.38. The Bertz CT molecular complexity index is 390. The zero-order valence-corrected chi connectivity index (χ0v) is 9.79. The normalized spacial score (nSPS) is 14.4. The van der Waals surface area contributed by atoms with Crippen molar-refractivity contribution in [1.82, 2.24) is 0 Å². The monoisotopic (exact) mass is 200 g/mol. The highest BCUT2D eigenvalue weighted by Crippen LogP contribution is 2.24. The van der Waals surface area contributed by atoms with E-state index in [-0.39, 0.29) is 0 Å². The van der Waals surface area contributed by atoms with Gasteiger partial charge in [0.1, 0.15) is 0 Å². The van der Waals surface area contributed by atoms with Crippen molar-refractivity contribution < 1.29 is 0 Å². The summed E-state index contributed by atoms with van der Waals surface area (Å²) in [6, 6.07) is 8.52. The van der Waals surface area contributed by atoms with Crippen LogP contribution in [-0.4, -0.2) is 0 Å². The molecule has 0 atom stereocenters. The van der Waals surface area contributed by atoms with Gasteiger partial charge in [0.2, 0.25) is 0 Å². The molecule has 0 aromatic heterocycles. The summed E-state index contributed by atoms with van der Waals surface area (Å²) in [6.07, 6.45) is 7.98. The fourth-order valence-electron chi connectivity index (χ4n) is 1.38. The van der Waals surface area contributed by atoms with Crippen molar-refractivity contribution >= 4 is 12.2 Å². The maximum Gasteiger partial charge on any atom is -0.0264 e. The first-order chi connectivity index (χ1) is 7.27. The lowest BCUT2D eigenvalue weighted by atomic mass is 9.90. The highest BCUT2D eigenvalue weighted by atomic mass is 14.1. The minimum absolute atomic E-state index is 1.11. The van der Waals surface area contributed by atoms with E-state index in [2.05, 4.69) is 30.8 Å². The smallest absolute Gasteiger partial charge is 0.0264 e. The molecule has 0 unspecified atom stereocenters. The first-order valence-corrected chi connectivity index (χ1v) is 5.62. The summed E-state index contributed by atoms with van der Waals surface area (Å²) in [5, 5.41) is 2.53. The summed E-state index contributed by atoms with van der Waals surface area (Å²) in [7, 11) is 0. The number of rotatable bonds is 0. The van der Waals surface area contributed by atoms with Crippen LogP contribution < -0.4 is 10.4 Å². The quantitative estimate of drug-likeness (QED) is 0.565. The van der Waals surface area contributed by atoms with Crippen LogP contribution in [0.1, 0.15) is 33.1 Å². The lowest BCUT2D eigenvalue weighted by Crippen LogP contribution is -2.13. The molecule has 1 aromatic carbocycles. The predicted molar refractivity (Wildman–Crippen MR) is 69.0 cm³/mol. The molecule has 0 heteroatoms. The summed E-state index contributed by atoms with van der Waals surface area (Å²) in [6.45, 7) is 7.86. The Balaban J connectivity index is 0.000000245. The average Bonchev–Trinajstić information content (AvgIpc) is 2.19. The SMILES string of the molecule is C/C=C\C.C=c1ccc(=C2CCC2)cc1. The van der Waals surface area contributed by atoms with Crippen LogP contribution in [-0.2, 0) is 0 Å². The Kier molecular flexibility index (Phi) is 4.89. The van der Waals surface area contributed by atoms with Gasteiger partial charge in [-0.1, -0.05) is 48.6 Å². The van der Waals surface area contributed by atoms with Gasteiger partial charge in [-0.05, 0) is 43.5 Å². The van der Waals surface area contributed by atoms with Crippen molar-refractivity contribution in [1.29, 1.82) is 0 Å². The van der Waals surface area contributed by atoms with Crippen molar-refractivity contribution in [3.05, 3.63) is 46.9 Å². The van der Waals surface area contributed by atoms with Gasteiger partial charge in [-0.3, -0.25) is 0 Å². The van der Waals surface area contributed by atoms with Gasteiger partial charge < -0.3 is 0 Å². The summed E-state index contributed by atoms with van der Waals surface area (Å²) < 4.78 is 0. The molecule has 1 aliphatic rings. The molecule has 1 aliphatic carbocycles. The van der Waals surface area contributed by atoms with Crippen molar-refractivity contribution in [2.45, 2.75) is 33.1 Å². The van der Waals surface area contributed by atoms with Crippen LogP contribution in [0.5, 0.6) is 0 Å². The molecule has 0 heterocycles. The van der Waals surface area contributed by atoms with Crippen LogP contribution in [0.2, 0.25) is 0 Å². The van der Waals surface area contributed by atoms with E-state index >= 15 is 0 Å². The summed E-state index contributed by atoms with van der Waals surface area (Å²) in [4.78, 5) is 0. The molecule has 0 spiro atoms. The van der Waals surface area contributed by atoms with Crippen LogP contribution in [0.4, 0.5) is 0 Å². The molecule has 80 valence electrons. The van der Waals surface area contributed by atoms with Gasteiger partial charge in [0.15, 0.2) is 0 Å². The highest BCUT2D eigenvalue weighted by Gasteiger charge is 2.07. The highest BCUT2D eigenvalue weighted by molar-refractivity contribution is 5.49. The van der Waals surface area contributed by atoms with Gasteiger partial charge in [-0.25, -0.2) is 0 Å². The topological polar surface area (TPSA) is 0 Å². The minimum Gasteiger partial charge on any atom is -0.0919 e. The largest absolute Gasteiger partial charge is 0.0919 e. The summed E-state index contributed by atoms with van der Waals surface area (Å²) in [5.41, 5.74) is 1.62. The van der Waals surface area contributed by atoms with Gasteiger partial charge in [-0.2, -0.15) is 0 Å². The van der Waals surface area contributed by atoms with Crippen LogP contribution in [0, 0.1) is 0 Å². The van der Waals surface area contributed by atoms with E-state index < -0.39 is 0 Å². The van der Waals surface area contributed by atoms with E-state index in [1.54, 1.807) is 5.57 Å². The maximum atomic E-state index is 3.86. The van der Waals surface area contributed by atoms with Crippen LogP contribution in [0.25, 0.3) is 12.2 Å². The van der Waals surface area contributed by atoms with Crippen molar-refractivity contribution in [2.75, 3.05) is 0 Å². The molecule has 0 N–H and O–H groups in total. The molecular weight excluding hydrogens is 180 g/mol. The van der Waals surface area contributed by atoms with E-state index in [1.165, 1.54) is 24.5 Å². The number of benzene rings is 1. The molecular formula is C15H20. The third kappa shape index (κ3) is 3.75. The molecule has 0 bridgehead atoms. The molecule has 1 aromatic rings. The van der Waals surface area contributed by atoms with E-state index in [0.717, 1.165) is 5.22 Å². The fraction of sp³-hybridized carbons (Fsp3) is 0.333. The number of hydrogen-bond acceptors (Lipinski definition) is 0. The standard InChI is InChI=1S/C11H12.C4H8/c1-9-5-7-11(8-6-9)10-3-2-4-10;1-3-4-2/h5-8H,1-4H2;3-4H,1-2H3/b;4-3-. The van der Waals surface area contributed by atoms with Gasteiger partial charge in [0.25, 0.3) is 0 Å². The summed E-state index contributed by atoms with van der Waals surface area (Å²) in [5.74, 6) is 0. The zero-order chi connectivity index (χ0) is 11.1. The third-order valence-corrected chi connectivity index (χ3v) is 2.65. The molecule has 1 saturated carbocycles. The Labute approximate surface area is 92.6 Å². The van der Waals surface area contributed by atoms with Crippen molar-refractivity contribution in [2.24, 2.45) is 0 Å². The first kappa shape index (κ1) is 11.8. The van der Waals surface area contributed by atoms with E-state index in [1.807, 2.05) is 26.0 Å². The predicted octanol–water partition coefficient (Wildman–Crippen LogP) is 3.01. The van der Waals surface area contributed by atoms with Crippen LogP contribution >= 0.6 is 0 Å². The van der Waals surface area contributed by atoms with E-state index in [9.17, 15) is 0 Å². The Morgan fingerprint density at radius 2 is 1.53 bits per heavy atom. The van der Waals surface area contributed by atoms with Crippen LogP contribution in [0.3, 0.4) is 0 Å². The van der Waals surface area contributed by atoms with Gasteiger partial charge in [0, 0.05) is 0 Å². The first-order valence-electron chi connectivity index (χ1n) is 5.62. The van der Waals surface area contributed by atoms with E-state index in [0.29, 0.717) is 0 Å². The van der Waals surface area contributed by atoms with Gasteiger partial charge >= 0.3 is 0 Å². The van der Waals surface area contributed by atoms with Gasteiger partial charge in [-0.15, -0.1) is 0 Å². The Hall–Kier alpha value is -1.30. The summed E-state index contributed by atoms with van der Waals surface area (Å²) >= 11 is 0. The maximum absolute atomic E-state index is 3.86. The average molecular weight is 200 g/mol. The number of hydrogen-bond donors (Lipinski definition) is 0. The molecule has 0 saturated heterocycles. The lowest BCUT2D eigenvalue weighted by molar-refractivity contribution is 0.752. The minimum atomic E-state index is 1.11. The second-order valence-electron chi connectivity index (χ2n) is 3.82. The van der Waals surface area contributed by atoms with Gasteiger partial charge in [0.05, 0.1) is 0 Å². The Morgan fingerprint density at radius 1 is 1.00 bits per heavy atom. The number of allylic oxidation sites excluding steroid dienone is 2. The lowest BCUT2D eigenvalue weighted by Gasteiger charge is -2.15. The molecule has 0 radical (unpaired) electrons. The second-order valence-corrected chi connectivity index (χ2v) is 3.82. The van der Waals surface area contributed by atoms with Crippen LogP contribution in [0.15, 0.2) is 36.4 Å². The molecule has 15 heavy (non-hydrogen) atoms. The second kappa shape index (κ2) is 6.23. The molecule has 0 amide bonds. The molecule has 0 nitrogen and oxygen atoms in total. The molecule has 0 aliphatic heterocycles. The van der Waals surface area contributed by atoms with Crippen molar-refractivity contribution in [3.63, 3.8) is 0 Å². The van der Waals surface area contributed by atoms with Crippen molar-refractivity contribution in [3.8, 4) is 0 Å². The molecule has 1 fully saturated rings. The third-order valence-electron chi connectivity index (χ3n) is 2.65.